The van der Waals surface area contributed by atoms with Crippen LogP contribution in [0.1, 0.15) is 64.6 Å². The molecule has 2 aliphatic carbocycles. The second-order valence-corrected chi connectivity index (χ2v) is 6.95. The topological polar surface area (TPSA) is 41.0 Å². The predicted molar refractivity (Wildman–Crippen MR) is 88.0 cm³/mol. The monoisotopic (exact) mass is 288 g/mol. The highest BCUT2D eigenvalue weighted by molar-refractivity contribution is 5.51. The SMILES string of the molecule is CCCNc1cc(N(CC(C)C)C2CC2)nc(C2CC2)n1. The highest BCUT2D eigenvalue weighted by atomic mass is 15.2. The molecule has 0 saturated heterocycles. The van der Waals surface area contributed by atoms with Gasteiger partial charge < -0.3 is 10.2 Å². The molecule has 21 heavy (non-hydrogen) atoms. The maximum Gasteiger partial charge on any atom is 0.136 e. The Morgan fingerprint density at radius 2 is 2.00 bits per heavy atom. The van der Waals surface area contributed by atoms with E-state index in [0.29, 0.717) is 17.9 Å². The van der Waals surface area contributed by atoms with Crippen molar-refractivity contribution >= 4 is 11.6 Å². The van der Waals surface area contributed by atoms with Crippen LogP contribution >= 0.6 is 0 Å². The fourth-order valence-corrected chi connectivity index (χ4v) is 2.68. The molecule has 4 heteroatoms. The van der Waals surface area contributed by atoms with Crippen molar-refractivity contribution in [3.8, 4) is 0 Å². The minimum absolute atomic E-state index is 0.604. The van der Waals surface area contributed by atoms with E-state index in [-0.39, 0.29) is 0 Å². The molecule has 0 aliphatic heterocycles. The van der Waals surface area contributed by atoms with Crippen LogP contribution in [0.25, 0.3) is 0 Å². The first-order valence-electron chi connectivity index (χ1n) is 8.57. The first-order chi connectivity index (χ1) is 10.2. The lowest BCUT2D eigenvalue weighted by atomic mass is 10.2. The fourth-order valence-electron chi connectivity index (χ4n) is 2.68. The van der Waals surface area contributed by atoms with Crippen LogP contribution in [0.2, 0.25) is 0 Å². The Morgan fingerprint density at radius 1 is 1.24 bits per heavy atom. The molecule has 1 aromatic heterocycles. The predicted octanol–water partition coefficient (Wildman–Crippen LogP) is 3.80. The number of hydrogen-bond donors (Lipinski definition) is 1. The summed E-state index contributed by atoms with van der Waals surface area (Å²) in [5.74, 6) is 4.48. The van der Waals surface area contributed by atoms with Crippen LogP contribution < -0.4 is 10.2 Å². The summed E-state index contributed by atoms with van der Waals surface area (Å²) in [7, 11) is 0. The Labute approximate surface area is 128 Å². The molecule has 4 nitrogen and oxygen atoms in total. The first-order valence-corrected chi connectivity index (χ1v) is 8.57. The van der Waals surface area contributed by atoms with E-state index >= 15 is 0 Å². The molecule has 2 aliphatic rings. The van der Waals surface area contributed by atoms with Crippen LogP contribution in [0.15, 0.2) is 6.07 Å². The van der Waals surface area contributed by atoms with E-state index in [1.54, 1.807) is 0 Å². The average Bonchev–Trinajstić information content (AvgIpc) is 3.33. The molecule has 1 N–H and O–H groups in total. The standard InChI is InChI=1S/C17H28N4/c1-4-9-18-15-10-16(20-17(19-15)13-5-6-13)21(11-12(2)3)14-7-8-14/h10,12-14H,4-9,11H2,1-3H3,(H,18,19,20). The van der Waals surface area contributed by atoms with Gasteiger partial charge in [0, 0.05) is 31.1 Å². The molecule has 1 aromatic rings. The zero-order valence-electron chi connectivity index (χ0n) is 13.6. The maximum absolute atomic E-state index is 4.89. The lowest BCUT2D eigenvalue weighted by Crippen LogP contribution is -2.31. The number of nitrogens with one attached hydrogen (secondary N) is 1. The summed E-state index contributed by atoms with van der Waals surface area (Å²) >= 11 is 0. The molecule has 3 rings (SSSR count). The molecular weight excluding hydrogens is 260 g/mol. The average molecular weight is 288 g/mol. The highest BCUT2D eigenvalue weighted by Gasteiger charge is 2.33. The van der Waals surface area contributed by atoms with Crippen LogP contribution in [0.3, 0.4) is 0 Å². The number of anilines is 2. The van der Waals surface area contributed by atoms with Crippen LogP contribution in [0.5, 0.6) is 0 Å². The van der Waals surface area contributed by atoms with Gasteiger partial charge in [0.1, 0.15) is 17.5 Å². The van der Waals surface area contributed by atoms with E-state index in [2.05, 4.69) is 37.1 Å². The van der Waals surface area contributed by atoms with E-state index in [4.69, 9.17) is 9.97 Å². The lowest BCUT2D eigenvalue weighted by Gasteiger charge is -2.26. The van der Waals surface area contributed by atoms with Crippen molar-refractivity contribution in [3.05, 3.63) is 11.9 Å². The number of rotatable bonds is 8. The van der Waals surface area contributed by atoms with Crippen molar-refractivity contribution in [1.82, 2.24) is 9.97 Å². The molecule has 0 atom stereocenters. The Kier molecular flexibility index (Phi) is 4.32. The molecule has 0 unspecified atom stereocenters. The van der Waals surface area contributed by atoms with Crippen LogP contribution in [0.4, 0.5) is 11.6 Å². The van der Waals surface area contributed by atoms with Crippen molar-refractivity contribution in [2.45, 2.75) is 64.8 Å². The summed E-state index contributed by atoms with van der Waals surface area (Å²) in [5, 5.41) is 3.45. The molecule has 2 fully saturated rings. The molecule has 0 aromatic carbocycles. The van der Waals surface area contributed by atoms with Gasteiger partial charge >= 0.3 is 0 Å². The van der Waals surface area contributed by atoms with Gasteiger partial charge in [0.25, 0.3) is 0 Å². The number of nitrogens with zero attached hydrogens (tertiary/aromatic N) is 3. The second-order valence-electron chi connectivity index (χ2n) is 6.95. The summed E-state index contributed by atoms with van der Waals surface area (Å²) < 4.78 is 0. The summed E-state index contributed by atoms with van der Waals surface area (Å²) in [5.41, 5.74) is 0. The highest BCUT2D eigenvalue weighted by Crippen LogP contribution is 2.40. The molecule has 0 spiro atoms. The van der Waals surface area contributed by atoms with Crippen molar-refractivity contribution in [2.75, 3.05) is 23.3 Å². The number of aromatic nitrogens is 2. The van der Waals surface area contributed by atoms with Gasteiger partial charge in [0.2, 0.25) is 0 Å². The fraction of sp³-hybridized carbons (Fsp3) is 0.765. The van der Waals surface area contributed by atoms with E-state index < -0.39 is 0 Å². The van der Waals surface area contributed by atoms with Gasteiger partial charge in [-0.1, -0.05) is 20.8 Å². The van der Waals surface area contributed by atoms with Gasteiger partial charge in [0.05, 0.1) is 0 Å². The maximum atomic E-state index is 4.89. The summed E-state index contributed by atoms with van der Waals surface area (Å²) in [6, 6.07) is 2.86. The van der Waals surface area contributed by atoms with Gasteiger partial charge in [-0.3, -0.25) is 0 Å². The Bertz CT molecular complexity index is 478. The number of hydrogen-bond acceptors (Lipinski definition) is 4. The molecule has 0 amide bonds. The summed E-state index contributed by atoms with van der Waals surface area (Å²) in [6.45, 7) is 8.84. The minimum Gasteiger partial charge on any atom is -0.370 e. The molecule has 0 bridgehead atoms. The molecule has 1 heterocycles. The molecule has 2 saturated carbocycles. The van der Waals surface area contributed by atoms with Crippen molar-refractivity contribution in [3.63, 3.8) is 0 Å². The van der Waals surface area contributed by atoms with Crippen molar-refractivity contribution in [2.24, 2.45) is 5.92 Å². The van der Waals surface area contributed by atoms with Gasteiger partial charge in [-0.05, 0) is 38.0 Å². The Balaban J connectivity index is 1.85. The van der Waals surface area contributed by atoms with E-state index in [1.807, 2.05) is 0 Å². The second kappa shape index (κ2) is 6.20. The zero-order valence-corrected chi connectivity index (χ0v) is 13.6. The third kappa shape index (κ3) is 3.86. The largest absolute Gasteiger partial charge is 0.370 e. The quantitative estimate of drug-likeness (QED) is 0.790. The third-order valence-electron chi connectivity index (χ3n) is 4.07. The summed E-state index contributed by atoms with van der Waals surface area (Å²) in [4.78, 5) is 12.1. The van der Waals surface area contributed by atoms with E-state index in [0.717, 1.165) is 37.0 Å². The van der Waals surface area contributed by atoms with E-state index in [1.165, 1.54) is 25.7 Å². The molecule has 0 radical (unpaired) electrons. The van der Waals surface area contributed by atoms with Gasteiger partial charge in [-0.2, -0.15) is 0 Å². The van der Waals surface area contributed by atoms with Crippen LogP contribution in [0, 0.1) is 5.92 Å². The smallest absolute Gasteiger partial charge is 0.136 e. The van der Waals surface area contributed by atoms with Gasteiger partial charge in [-0.25, -0.2) is 9.97 Å². The normalized spacial score (nSPS) is 18.1. The Morgan fingerprint density at radius 3 is 2.57 bits per heavy atom. The Hall–Kier alpha value is -1.32. The third-order valence-corrected chi connectivity index (χ3v) is 4.07. The minimum atomic E-state index is 0.604. The van der Waals surface area contributed by atoms with Gasteiger partial charge in [-0.15, -0.1) is 0 Å². The van der Waals surface area contributed by atoms with Crippen molar-refractivity contribution in [1.29, 1.82) is 0 Å². The van der Waals surface area contributed by atoms with Gasteiger partial charge in [0.15, 0.2) is 0 Å². The molecule has 116 valence electrons. The van der Waals surface area contributed by atoms with Crippen LogP contribution in [-0.2, 0) is 0 Å². The van der Waals surface area contributed by atoms with E-state index in [9.17, 15) is 0 Å². The summed E-state index contributed by atoms with van der Waals surface area (Å²) in [6.07, 6.45) is 6.26. The van der Waals surface area contributed by atoms with Crippen LogP contribution in [-0.4, -0.2) is 29.1 Å². The zero-order chi connectivity index (χ0) is 14.8. The lowest BCUT2D eigenvalue weighted by molar-refractivity contribution is 0.601. The molecular formula is C17H28N4. The first kappa shape index (κ1) is 14.6. The van der Waals surface area contributed by atoms with Crippen molar-refractivity contribution < 1.29 is 0 Å².